The predicted octanol–water partition coefficient (Wildman–Crippen LogP) is 4.66. The summed E-state index contributed by atoms with van der Waals surface area (Å²) in [5.41, 5.74) is 2.72. The zero-order chi connectivity index (χ0) is 17.3. The summed E-state index contributed by atoms with van der Waals surface area (Å²) in [6, 6.07) is 11.7. The maximum absolute atomic E-state index is 13.8. The highest BCUT2D eigenvalue weighted by Crippen LogP contribution is 2.32. The van der Waals surface area contributed by atoms with E-state index in [1.54, 1.807) is 18.2 Å². The highest BCUT2D eigenvalue weighted by Gasteiger charge is 2.11. The van der Waals surface area contributed by atoms with Gasteiger partial charge in [0.15, 0.2) is 11.6 Å². The van der Waals surface area contributed by atoms with Crippen molar-refractivity contribution in [1.29, 1.82) is 0 Å². The number of ether oxygens (including phenoxy) is 1. The lowest BCUT2D eigenvalue weighted by Crippen LogP contribution is -2.05. The van der Waals surface area contributed by atoms with Crippen LogP contribution in [0.2, 0.25) is 5.02 Å². The van der Waals surface area contributed by atoms with Gasteiger partial charge in [-0.05, 0) is 24.3 Å². The number of carbonyl (C=O) groups excluding carboxylic acids is 1. The molecule has 0 saturated carbocycles. The minimum absolute atomic E-state index is 0.115. The molecule has 1 N–H and O–H groups in total. The summed E-state index contributed by atoms with van der Waals surface area (Å²) in [5, 5.41) is 3.63. The van der Waals surface area contributed by atoms with Gasteiger partial charge in [-0.3, -0.25) is 4.79 Å². The first-order valence-corrected chi connectivity index (χ1v) is 7.57. The number of nitrogens with zero attached hydrogens (tertiary/aromatic N) is 1. The molecular weight excluding hydrogens is 331 g/mol. The van der Waals surface area contributed by atoms with Gasteiger partial charge in [0.05, 0.1) is 23.3 Å². The first-order valence-electron chi connectivity index (χ1n) is 7.20. The van der Waals surface area contributed by atoms with Crippen molar-refractivity contribution in [2.24, 2.45) is 0 Å². The largest absolute Gasteiger partial charge is 0.494 e. The van der Waals surface area contributed by atoms with E-state index in [-0.39, 0.29) is 11.7 Å². The summed E-state index contributed by atoms with van der Waals surface area (Å²) < 4.78 is 18.8. The maximum atomic E-state index is 13.8. The van der Waals surface area contributed by atoms with Crippen molar-refractivity contribution < 1.29 is 13.9 Å². The summed E-state index contributed by atoms with van der Waals surface area (Å²) in [7, 11) is 1.40. The predicted molar refractivity (Wildman–Crippen MR) is 93.0 cm³/mol. The number of rotatable bonds is 3. The van der Waals surface area contributed by atoms with Gasteiger partial charge in [-0.15, -0.1) is 0 Å². The van der Waals surface area contributed by atoms with Gasteiger partial charge in [-0.1, -0.05) is 23.7 Å². The number of benzene rings is 2. The second kappa shape index (κ2) is 6.45. The van der Waals surface area contributed by atoms with Crippen LogP contribution < -0.4 is 10.1 Å². The van der Waals surface area contributed by atoms with E-state index in [1.165, 1.54) is 26.2 Å². The molecule has 6 heteroatoms. The highest BCUT2D eigenvalue weighted by molar-refractivity contribution is 6.35. The molecule has 0 fully saturated rings. The van der Waals surface area contributed by atoms with Crippen molar-refractivity contribution in [2.75, 3.05) is 12.4 Å². The number of anilines is 1. The van der Waals surface area contributed by atoms with Gasteiger partial charge in [0.2, 0.25) is 5.91 Å². The fraction of sp³-hybridized carbons (Fsp3) is 0.111. The van der Waals surface area contributed by atoms with Gasteiger partial charge >= 0.3 is 0 Å². The van der Waals surface area contributed by atoms with Gasteiger partial charge in [0.25, 0.3) is 0 Å². The number of amides is 1. The Labute approximate surface area is 143 Å². The summed E-state index contributed by atoms with van der Waals surface area (Å²) in [6.07, 6.45) is 0. The summed E-state index contributed by atoms with van der Waals surface area (Å²) in [6.45, 7) is 1.45. The third-order valence-corrected chi connectivity index (χ3v) is 3.85. The number of fused-ring (bicyclic) bond motifs is 1. The first kappa shape index (κ1) is 16.2. The van der Waals surface area contributed by atoms with E-state index in [0.717, 1.165) is 5.56 Å². The lowest BCUT2D eigenvalue weighted by atomic mass is 10.1. The lowest BCUT2D eigenvalue weighted by Gasteiger charge is -2.09. The van der Waals surface area contributed by atoms with E-state index in [1.807, 2.05) is 12.1 Å². The van der Waals surface area contributed by atoms with Gasteiger partial charge in [-0.25, -0.2) is 9.37 Å². The molecule has 0 aliphatic carbocycles. The molecule has 0 aliphatic heterocycles. The molecule has 0 unspecified atom stereocenters. The molecule has 0 saturated heterocycles. The van der Waals surface area contributed by atoms with Gasteiger partial charge < -0.3 is 10.1 Å². The Balaban J connectivity index is 2.06. The van der Waals surface area contributed by atoms with Gasteiger partial charge in [0.1, 0.15) is 0 Å². The minimum atomic E-state index is -0.485. The van der Waals surface area contributed by atoms with Crippen LogP contribution in [0.3, 0.4) is 0 Å². The molecule has 122 valence electrons. The van der Waals surface area contributed by atoms with Crippen LogP contribution in [0.5, 0.6) is 5.75 Å². The molecule has 1 aromatic heterocycles. The van der Waals surface area contributed by atoms with Crippen LogP contribution in [0.1, 0.15) is 6.92 Å². The zero-order valence-corrected chi connectivity index (χ0v) is 13.8. The topological polar surface area (TPSA) is 51.2 Å². The average Bonchev–Trinajstić information content (AvgIpc) is 2.55. The quantitative estimate of drug-likeness (QED) is 0.751. The van der Waals surface area contributed by atoms with Gasteiger partial charge in [0, 0.05) is 29.6 Å². The molecule has 0 radical (unpaired) electrons. The summed E-state index contributed by atoms with van der Waals surface area (Å²) in [5.74, 6) is -0.505. The number of hydrogen-bond donors (Lipinski definition) is 1. The molecule has 0 spiro atoms. The van der Waals surface area contributed by atoms with Crippen molar-refractivity contribution in [2.45, 2.75) is 6.92 Å². The van der Waals surface area contributed by atoms with Crippen LogP contribution in [-0.2, 0) is 4.79 Å². The molecule has 2 aromatic carbocycles. The number of nitrogens with one attached hydrogen (secondary N) is 1. The first-order chi connectivity index (χ1) is 11.5. The minimum Gasteiger partial charge on any atom is -0.494 e. The second-order valence-electron chi connectivity index (χ2n) is 5.25. The van der Waals surface area contributed by atoms with Crippen molar-refractivity contribution in [3.8, 4) is 17.0 Å². The van der Waals surface area contributed by atoms with Crippen molar-refractivity contribution in [3.05, 3.63) is 53.3 Å². The monoisotopic (exact) mass is 344 g/mol. The Morgan fingerprint density at radius 1 is 1.21 bits per heavy atom. The summed E-state index contributed by atoms with van der Waals surface area (Å²) >= 11 is 6.28. The van der Waals surface area contributed by atoms with E-state index >= 15 is 0 Å². The van der Waals surface area contributed by atoms with Crippen LogP contribution in [0.4, 0.5) is 10.1 Å². The molecule has 24 heavy (non-hydrogen) atoms. The third-order valence-electron chi connectivity index (χ3n) is 3.53. The van der Waals surface area contributed by atoms with E-state index in [4.69, 9.17) is 16.3 Å². The van der Waals surface area contributed by atoms with E-state index in [0.29, 0.717) is 27.3 Å². The number of hydrogen-bond acceptors (Lipinski definition) is 3. The molecule has 4 nitrogen and oxygen atoms in total. The molecule has 3 rings (SSSR count). The number of methoxy groups -OCH3 is 1. The van der Waals surface area contributed by atoms with E-state index < -0.39 is 5.82 Å². The van der Waals surface area contributed by atoms with E-state index in [2.05, 4.69) is 10.3 Å². The van der Waals surface area contributed by atoms with Crippen LogP contribution in [0.15, 0.2) is 42.5 Å². The van der Waals surface area contributed by atoms with Crippen LogP contribution in [0.25, 0.3) is 22.2 Å². The third kappa shape index (κ3) is 3.16. The van der Waals surface area contributed by atoms with Crippen molar-refractivity contribution in [3.63, 3.8) is 0 Å². The number of halogens is 2. The molecule has 0 bridgehead atoms. The van der Waals surface area contributed by atoms with Crippen LogP contribution >= 0.6 is 11.6 Å². The number of aromatic nitrogens is 1. The molecular formula is C18H14ClFN2O2. The molecule has 0 atom stereocenters. The van der Waals surface area contributed by atoms with Crippen molar-refractivity contribution in [1.82, 2.24) is 4.98 Å². The Kier molecular flexibility index (Phi) is 4.36. The number of carbonyl (C=O) groups is 1. The van der Waals surface area contributed by atoms with E-state index in [9.17, 15) is 9.18 Å². The Bertz CT molecular complexity index is 926. The second-order valence-corrected chi connectivity index (χ2v) is 5.66. The van der Waals surface area contributed by atoms with Gasteiger partial charge in [-0.2, -0.15) is 0 Å². The standard InChI is InChI=1S/C18H14ClFN2O2/c1-10(23)21-12-5-3-11(4-6-12)16-8-14(19)13-7-15(20)18(24-2)9-17(13)22-16/h3-9H,1-2H3,(H,21,23). The average molecular weight is 345 g/mol. The fourth-order valence-electron chi connectivity index (χ4n) is 2.42. The zero-order valence-electron chi connectivity index (χ0n) is 13.1. The number of pyridine rings is 1. The maximum Gasteiger partial charge on any atom is 0.221 e. The highest BCUT2D eigenvalue weighted by atomic mass is 35.5. The molecule has 1 heterocycles. The Morgan fingerprint density at radius 2 is 1.92 bits per heavy atom. The normalized spacial score (nSPS) is 10.7. The molecule has 3 aromatic rings. The smallest absolute Gasteiger partial charge is 0.221 e. The summed E-state index contributed by atoms with van der Waals surface area (Å²) in [4.78, 5) is 15.6. The van der Waals surface area contributed by atoms with Crippen LogP contribution in [0, 0.1) is 5.82 Å². The Hall–Kier alpha value is -2.66. The Morgan fingerprint density at radius 3 is 2.54 bits per heavy atom. The lowest BCUT2D eigenvalue weighted by molar-refractivity contribution is -0.114. The SMILES string of the molecule is COc1cc2nc(-c3ccc(NC(C)=O)cc3)cc(Cl)c2cc1F. The van der Waals surface area contributed by atoms with Crippen molar-refractivity contribution >= 4 is 34.1 Å². The van der Waals surface area contributed by atoms with Crippen LogP contribution in [-0.4, -0.2) is 18.0 Å². The molecule has 0 aliphatic rings. The fourth-order valence-corrected chi connectivity index (χ4v) is 2.67. The molecule has 1 amide bonds.